The molecule has 158 valence electrons. The third-order valence-corrected chi connectivity index (χ3v) is 4.63. The van der Waals surface area contributed by atoms with Gasteiger partial charge in [-0.3, -0.25) is 9.59 Å². The Bertz CT molecular complexity index is 1190. The first-order chi connectivity index (χ1) is 14.3. The van der Waals surface area contributed by atoms with Crippen molar-refractivity contribution in [3.05, 3.63) is 64.2 Å². The minimum absolute atomic E-state index is 0.0782. The van der Waals surface area contributed by atoms with Gasteiger partial charge in [-0.05, 0) is 30.3 Å². The van der Waals surface area contributed by atoms with Crippen LogP contribution in [0.2, 0.25) is 0 Å². The number of fused-ring (bicyclic) bond motifs is 1. The summed E-state index contributed by atoms with van der Waals surface area (Å²) in [6.07, 6.45) is -12.3. The van der Waals surface area contributed by atoms with E-state index in [1.165, 1.54) is 0 Å². The number of anilines is 1. The molecule has 31 heavy (non-hydrogen) atoms. The molecule has 0 atom stereocenters. The number of nitrogens with zero attached hydrogens (tertiary/aromatic N) is 3. The molecule has 2 amide bonds. The molecule has 3 rings (SSSR count). The van der Waals surface area contributed by atoms with Crippen LogP contribution in [0.1, 0.15) is 37.4 Å². The van der Waals surface area contributed by atoms with Crippen molar-refractivity contribution in [3.63, 3.8) is 0 Å². The molecule has 12 heteroatoms. The molecule has 0 fully saturated rings. The van der Waals surface area contributed by atoms with Gasteiger partial charge in [0.15, 0.2) is 0 Å². The number of alkyl halides is 6. The van der Waals surface area contributed by atoms with Crippen LogP contribution in [0.15, 0.2) is 36.4 Å². The molecule has 1 aliphatic heterocycles. The maximum atomic E-state index is 13.1. The number of carbonyl (C=O) groups is 2. The largest absolute Gasteiger partial charge is 0.430 e. The summed E-state index contributed by atoms with van der Waals surface area (Å²) >= 11 is 0. The highest BCUT2D eigenvalue weighted by Gasteiger charge is 2.71. The summed E-state index contributed by atoms with van der Waals surface area (Å²) in [5.74, 6) is -2.33. The van der Waals surface area contributed by atoms with E-state index in [0.29, 0.717) is 11.0 Å². The van der Waals surface area contributed by atoms with Gasteiger partial charge in [0, 0.05) is 5.56 Å². The lowest BCUT2D eigenvalue weighted by Crippen LogP contribution is -2.54. The predicted octanol–water partition coefficient (Wildman–Crippen LogP) is 3.54. The van der Waals surface area contributed by atoms with Crippen LogP contribution < -0.4 is 4.90 Å². The van der Waals surface area contributed by atoms with E-state index in [0.717, 1.165) is 18.2 Å². The number of hydrogen-bond acceptors (Lipinski definition) is 5. The van der Waals surface area contributed by atoms with E-state index in [1.54, 1.807) is 12.1 Å². The smallest absolute Gasteiger partial charge is 0.369 e. The minimum Gasteiger partial charge on any atom is -0.369 e. The molecular weight excluding hydrogens is 432 g/mol. The van der Waals surface area contributed by atoms with Crippen LogP contribution in [0.5, 0.6) is 0 Å². The van der Waals surface area contributed by atoms with E-state index in [9.17, 15) is 41.0 Å². The predicted molar refractivity (Wildman–Crippen MR) is 89.5 cm³/mol. The van der Waals surface area contributed by atoms with Crippen molar-refractivity contribution in [1.82, 2.24) is 0 Å². The molecule has 1 heterocycles. The van der Waals surface area contributed by atoms with E-state index in [2.05, 4.69) is 0 Å². The average Bonchev–Trinajstić information content (AvgIpc) is 2.95. The molecule has 0 spiro atoms. The van der Waals surface area contributed by atoms with Crippen molar-refractivity contribution in [2.45, 2.75) is 18.0 Å². The van der Waals surface area contributed by atoms with Gasteiger partial charge in [-0.1, -0.05) is 6.07 Å². The summed E-state index contributed by atoms with van der Waals surface area (Å²) in [6.45, 7) is 0. The molecule has 6 nitrogen and oxygen atoms in total. The zero-order chi connectivity index (χ0) is 23.4. The Balaban J connectivity index is 2.14. The lowest BCUT2D eigenvalue weighted by Gasteiger charge is -2.32. The third kappa shape index (κ3) is 3.08. The Hall–Kier alpha value is -3.90. The number of halogens is 6. The summed E-state index contributed by atoms with van der Waals surface area (Å²) in [4.78, 5) is 25.7. The van der Waals surface area contributed by atoms with Crippen LogP contribution in [-0.4, -0.2) is 29.3 Å². The molecule has 0 aromatic heterocycles. The fraction of sp³-hybridized carbons (Fsp3) is 0.158. The summed E-state index contributed by atoms with van der Waals surface area (Å²) in [5, 5.41) is 27.5. The van der Waals surface area contributed by atoms with Crippen molar-refractivity contribution in [1.29, 1.82) is 10.5 Å². The van der Waals surface area contributed by atoms with Crippen LogP contribution in [0, 0.1) is 22.7 Å². The van der Waals surface area contributed by atoms with Crippen molar-refractivity contribution < 1.29 is 41.0 Å². The van der Waals surface area contributed by atoms with E-state index >= 15 is 0 Å². The van der Waals surface area contributed by atoms with E-state index in [4.69, 9.17) is 10.5 Å². The van der Waals surface area contributed by atoms with Gasteiger partial charge in [0.05, 0.1) is 27.9 Å². The summed E-state index contributed by atoms with van der Waals surface area (Å²) < 4.78 is 78.7. The normalized spacial score (nSPS) is 14.3. The van der Waals surface area contributed by atoms with Crippen LogP contribution >= 0.6 is 0 Å². The summed E-state index contributed by atoms with van der Waals surface area (Å²) in [5.41, 5.74) is -8.75. The van der Waals surface area contributed by atoms with Crippen LogP contribution in [0.4, 0.5) is 32.0 Å². The molecular formula is C19H7F6N3O3. The Morgan fingerprint density at radius 1 is 0.774 bits per heavy atom. The zero-order valence-electron chi connectivity index (χ0n) is 14.8. The lowest BCUT2D eigenvalue weighted by molar-refractivity contribution is -0.376. The molecule has 0 radical (unpaired) electrons. The third-order valence-electron chi connectivity index (χ3n) is 4.63. The van der Waals surface area contributed by atoms with Gasteiger partial charge in [-0.25, -0.2) is 4.90 Å². The zero-order valence-corrected chi connectivity index (χ0v) is 14.8. The first-order valence-corrected chi connectivity index (χ1v) is 8.11. The number of benzene rings is 2. The summed E-state index contributed by atoms with van der Waals surface area (Å²) in [7, 11) is 0. The quantitative estimate of drug-likeness (QED) is 0.569. The number of hydrogen-bond donors (Lipinski definition) is 1. The van der Waals surface area contributed by atoms with Gasteiger partial charge in [0.25, 0.3) is 17.4 Å². The van der Waals surface area contributed by atoms with Crippen LogP contribution in [0.3, 0.4) is 0 Å². The topological polar surface area (TPSA) is 105 Å². The molecule has 2 aromatic carbocycles. The molecule has 0 bridgehead atoms. The van der Waals surface area contributed by atoms with E-state index < -0.39 is 46.5 Å². The highest BCUT2D eigenvalue weighted by atomic mass is 19.4. The number of imide groups is 1. The number of aliphatic hydroxyl groups is 1. The Kier molecular flexibility index (Phi) is 4.80. The highest BCUT2D eigenvalue weighted by Crippen LogP contribution is 2.50. The van der Waals surface area contributed by atoms with Gasteiger partial charge in [-0.15, -0.1) is 0 Å². The lowest BCUT2D eigenvalue weighted by atomic mass is 9.90. The molecule has 0 unspecified atom stereocenters. The first-order valence-electron chi connectivity index (χ1n) is 8.11. The molecule has 0 saturated heterocycles. The Morgan fingerprint density at radius 3 is 1.84 bits per heavy atom. The minimum atomic E-state index is -6.17. The molecule has 2 aromatic rings. The molecule has 0 aliphatic carbocycles. The van der Waals surface area contributed by atoms with Gasteiger partial charge < -0.3 is 5.11 Å². The SMILES string of the molecule is N#Cc1ccc(N2C(=O)c3ccc(C(O)(C(F)(F)F)C(F)(F)F)cc3C2=O)cc1C#N. The average molecular weight is 439 g/mol. The van der Waals surface area contributed by atoms with Crippen LogP contribution in [0.25, 0.3) is 0 Å². The maximum absolute atomic E-state index is 13.1. The maximum Gasteiger partial charge on any atom is 0.430 e. The number of amides is 2. The van der Waals surface area contributed by atoms with Crippen molar-refractivity contribution in [3.8, 4) is 12.1 Å². The number of carbonyl (C=O) groups excluding carboxylic acids is 2. The summed E-state index contributed by atoms with van der Waals surface area (Å²) in [6, 6.07) is 7.60. The van der Waals surface area contributed by atoms with Crippen LogP contribution in [-0.2, 0) is 5.60 Å². The van der Waals surface area contributed by atoms with Gasteiger partial charge in [0.1, 0.15) is 12.1 Å². The second kappa shape index (κ2) is 6.82. The number of nitriles is 2. The molecule has 0 saturated carbocycles. The van der Waals surface area contributed by atoms with Crippen molar-refractivity contribution in [2.24, 2.45) is 0 Å². The van der Waals surface area contributed by atoms with E-state index in [1.807, 2.05) is 0 Å². The van der Waals surface area contributed by atoms with Gasteiger partial charge >= 0.3 is 12.4 Å². The van der Waals surface area contributed by atoms with Crippen molar-refractivity contribution in [2.75, 3.05) is 4.90 Å². The second-order valence-electron chi connectivity index (χ2n) is 6.37. The van der Waals surface area contributed by atoms with Gasteiger partial charge in [-0.2, -0.15) is 36.9 Å². The van der Waals surface area contributed by atoms with E-state index in [-0.39, 0.29) is 28.9 Å². The molecule has 1 aliphatic rings. The number of rotatable bonds is 2. The monoisotopic (exact) mass is 439 g/mol. The Morgan fingerprint density at radius 2 is 1.32 bits per heavy atom. The highest BCUT2D eigenvalue weighted by molar-refractivity contribution is 6.34. The standard InChI is InChI=1S/C19H7F6N3O3/c20-18(21,22)17(31,19(23,24)25)11-2-4-13-14(6-11)16(30)28(15(13)29)12-3-1-9(7-26)10(5-12)8-27/h1-6,31H. The fourth-order valence-electron chi connectivity index (χ4n) is 3.05. The Labute approximate surface area is 169 Å². The van der Waals surface area contributed by atoms with Gasteiger partial charge in [0.2, 0.25) is 0 Å². The first kappa shape index (κ1) is 21.8. The fourth-order valence-corrected chi connectivity index (χ4v) is 3.05. The molecule has 1 N–H and O–H groups in total. The van der Waals surface area contributed by atoms with Crippen molar-refractivity contribution >= 4 is 17.5 Å². The second-order valence-corrected chi connectivity index (χ2v) is 6.37.